The van der Waals surface area contributed by atoms with Gasteiger partial charge in [-0.1, -0.05) is 12.1 Å². The van der Waals surface area contributed by atoms with E-state index in [9.17, 15) is 9.59 Å². The summed E-state index contributed by atoms with van der Waals surface area (Å²) in [5.74, 6) is 1.10. The lowest BCUT2D eigenvalue weighted by Crippen LogP contribution is -2.25. The molecule has 0 amide bonds. The van der Waals surface area contributed by atoms with E-state index in [0.717, 1.165) is 42.4 Å². The fourth-order valence-corrected chi connectivity index (χ4v) is 2.80. The number of hydrogen-bond acceptors (Lipinski definition) is 4. The van der Waals surface area contributed by atoms with Gasteiger partial charge in [-0.15, -0.1) is 0 Å². The third kappa shape index (κ3) is 3.77. The molecular weight excluding hydrogens is 292 g/mol. The van der Waals surface area contributed by atoms with Gasteiger partial charge in [0.2, 0.25) is 0 Å². The predicted molar refractivity (Wildman–Crippen MR) is 86.0 cm³/mol. The first kappa shape index (κ1) is 15.3. The van der Waals surface area contributed by atoms with Crippen LogP contribution in [0.2, 0.25) is 0 Å². The Hall–Kier alpha value is -2.62. The Balaban J connectivity index is 1.65. The van der Waals surface area contributed by atoms with E-state index < -0.39 is 0 Å². The summed E-state index contributed by atoms with van der Waals surface area (Å²) in [6, 6.07) is 13.0. The van der Waals surface area contributed by atoms with E-state index in [1.165, 1.54) is 6.92 Å². The van der Waals surface area contributed by atoms with Crippen LogP contribution in [0.15, 0.2) is 42.5 Å². The average molecular weight is 310 g/mol. The quantitative estimate of drug-likeness (QED) is 0.493. The molecule has 4 heteroatoms. The molecule has 118 valence electrons. The Morgan fingerprint density at radius 1 is 1.26 bits per heavy atom. The van der Waals surface area contributed by atoms with E-state index in [1.54, 1.807) is 18.2 Å². The largest absolute Gasteiger partial charge is 0.490 e. The standard InChI is InChI=1S/C19H18O4/c1-13(21)22-17-6-2-14(3-7-17)11-18-8-5-16-10-15(12-20)4-9-19(16)23-18/h2-4,6-7,9-10,12,18H,5,8,11H2,1H3/t18-/m1/s1. The van der Waals surface area contributed by atoms with Gasteiger partial charge < -0.3 is 9.47 Å². The van der Waals surface area contributed by atoms with Crippen LogP contribution in [0, 0.1) is 0 Å². The van der Waals surface area contributed by atoms with Gasteiger partial charge in [0.25, 0.3) is 0 Å². The summed E-state index contributed by atoms with van der Waals surface area (Å²) >= 11 is 0. The fourth-order valence-electron chi connectivity index (χ4n) is 2.80. The zero-order valence-corrected chi connectivity index (χ0v) is 13.0. The molecule has 0 aromatic heterocycles. The minimum absolute atomic E-state index is 0.115. The van der Waals surface area contributed by atoms with Crippen LogP contribution in [0.1, 0.15) is 34.8 Å². The molecule has 1 heterocycles. The van der Waals surface area contributed by atoms with Gasteiger partial charge in [0.1, 0.15) is 23.9 Å². The van der Waals surface area contributed by atoms with E-state index >= 15 is 0 Å². The molecule has 0 saturated carbocycles. The van der Waals surface area contributed by atoms with Crippen molar-refractivity contribution < 1.29 is 19.1 Å². The molecule has 0 N–H and O–H groups in total. The smallest absolute Gasteiger partial charge is 0.308 e. The highest BCUT2D eigenvalue weighted by molar-refractivity contribution is 5.75. The summed E-state index contributed by atoms with van der Waals surface area (Å²) in [6.07, 6.45) is 3.60. The van der Waals surface area contributed by atoms with Crippen LogP contribution >= 0.6 is 0 Å². The maximum absolute atomic E-state index is 10.9. The maximum Gasteiger partial charge on any atom is 0.308 e. The van der Waals surface area contributed by atoms with Gasteiger partial charge in [-0.05, 0) is 54.3 Å². The van der Waals surface area contributed by atoms with E-state index in [4.69, 9.17) is 9.47 Å². The van der Waals surface area contributed by atoms with Gasteiger partial charge in [-0.3, -0.25) is 9.59 Å². The van der Waals surface area contributed by atoms with E-state index in [-0.39, 0.29) is 12.1 Å². The molecule has 1 aliphatic heterocycles. The highest BCUT2D eigenvalue weighted by Crippen LogP contribution is 2.29. The van der Waals surface area contributed by atoms with Crippen molar-refractivity contribution in [2.45, 2.75) is 32.3 Å². The lowest BCUT2D eigenvalue weighted by molar-refractivity contribution is -0.131. The Bertz CT molecular complexity index is 719. The van der Waals surface area contributed by atoms with Gasteiger partial charge in [0.05, 0.1) is 0 Å². The minimum atomic E-state index is -0.320. The number of rotatable bonds is 4. The van der Waals surface area contributed by atoms with E-state index in [2.05, 4.69) is 0 Å². The molecule has 0 bridgehead atoms. The average Bonchev–Trinajstić information content (AvgIpc) is 2.55. The SMILES string of the molecule is CC(=O)Oc1ccc(C[C@H]2CCc3cc(C=O)ccc3O2)cc1. The number of esters is 1. The molecule has 0 aliphatic carbocycles. The lowest BCUT2D eigenvalue weighted by Gasteiger charge is -2.26. The second-order valence-corrected chi connectivity index (χ2v) is 5.71. The molecule has 4 nitrogen and oxygen atoms in total. The molecule has 1 aliphatic rings. The van der Waals surface area contributed by atoms with Gasteiger partial charge >= 0.3 is 5.97 Å². The maximum atomic E-state index is 10.9. The van der Waals surface area contributed by atoms with Gasteiger partial charge in [-0.2, -0.15) is 0 Å². The van der Waals surface area contributed by atoms with Crippen LogP contribution in [0.4, 0.5) is 0 Å². The number of aldehydes is 1. The Morgan fingerprint density at radius 3 is 2.74 bits per heavy atom. The van der Waals surface area contributed by atoms with Crippen LogP contribution in [0.5, 0.6) is 11.5 Å². The normalized spacial score (nSPS) is 16.1. The van der Waals surface area contributed by atoms with Crippen LogP contribution in [0.25, 0.3) is 0 Å². The van der Waals surface area contributed by atoms with Gasteiger partial charge in [-0.25, -0.2) is 0 Å². The summed E-state index contributed by atoms with van der Waals surface area (Å²) in [4.78, 5) is 21.7. The Labute approximate surface area is 135 Å². The van der Waals surface area contributed by atoms with Crippen molar-refractivity contribution in [2.24, 2.45) is 0 Å². The second kappa shape index (κ2) is 6.65. The van der Waals surface area contributed by atoms with Crippen molar-refractivity contribution in [2.75, 3.05) is 0 Å². The number of hydrogen-bond donors (Lipinski definition) is 0. The highest BCUT2D eigenvalue weighted by atomic mass is 16.5. The van der Waals surface area contributed by atoms with Crippen LogP contribution in [-0.4, -0.2) is 18.4 Å². The van der Waals surface area contributed by atoms with Gasteiger partial charge in [0.15, 0.2) is 0 Å². The molecule has 2 aromatic carbocycles. The van der Waals surface area contributed by atoms with Crippen LogP contribution < -0.4 is 9.47 Å². The monoisotopic (exact) mass is 310 g/mol. The van der Waals surface area contributed by atoms with Crippen molar-refractivity contribution in [3.8, 4) is 11.5 Å². The Morgan fingerprint density at radius 2 is 2.04 bits per heavy atom. The summed E-state index contributed by atoms with van der Waals surface area (Å²) in [6.45, 7) is 1.39. The first-order valence-corrected chi connectivity index (χ1v) is 7.66. The molecule has 23 heavy (non-hydrogen) atoms. The van der Waals surface area contributed by atoms with Gasteiger partial charge in [0, 0.05) is 18.9 Å². The molecule has 0 saturated heterocycles. The third-order valence-corrected chi connectivity index (χ3v) is 3.90. The lowest BCUT2D eigenvalue weighted by atomic mass is 9.96. The van der Waals surface area contributed by atoms with Crippen LogP contribution in [0.3, 0.4) is 0 Å². The molecule has 1 atom stereocenters. The molecule has 0 unspecified atom stereocenters. The minimum Gasteiger partial charge on any atom is -0.490 e. The Kier molecular flexibility index (Phi) is 4.42. The second-order valence-electron chi connectivity index (χ2n) is 5.71. The number of fused-ring (bicyclic) bond motifs is 1. The zero-order chi connectivity index (χ0) is 16.2. The van der Waals surface area contributed by atoms with Crippen molar-refractivity contribution in [3.63, 3.8) is 0 Å². The molecule has 0 radical (unpaired) electrons. The number of carbonyl (C=O) groups is 2. The molecule has 0 fully saturated rings. The predicted octanol–water partition coefficient (Wildman–Crippen LogP) is 3.36. The zero-order valence-electron chi connectivity index (χ0n) is 13.0. The van der Waals surface area contributed by atoms with Crippen molar-refractivity contribution in [3.05, 3.63) is 59.2 Å². The molecular formula is C19H18O4. The number of ether oxygens (including phenoxy) is 2. The van der Waals surface area contributed by atoms with E-state index in [0.29, 0.717) is 11.3 Å². The van der Waals surface area contributed by atoms with Crippen LogP contribution in [-0.2, 0) is 17.6 Å². The first-order chi connectivity index (χ1) is 11.1. The molecule has 2 aromatic rings. The van der Waals surface area contributed by atoms with Crippen molar-refractivity contribution in [1.29, 1.82) is 0 Å². The fraction of sp³-hybridized carbons (Fsp3) is 0.263. The number of carbonyl (C=O) groups excluding carboxylic acids is 2. The first-order valence-electron chi connectivity index (χ1n) is 7.66. The summed E-state index contributed by atoms with van der Waals surface area (Å²) < 4.78 is 11.1. The number of aryl methyl sites for hydroxylation is 1. The summed E-state index contributed by atoms with van der Waals surface area (Å²) in [5, 5.41) is 0. The molecule has 0 spiro atoms. The van der Waals surface area contributed by atoms with E-state index in [1.807, 2.05) is 24.3 Å². The highest BCUT2D eigenvalue weighted by Gasteiger charge is 2.20. The topological polar surface area (TPSA) is 52.6 Å². The molecule has 3 rings (SSSR count). The summed E-state index contributed by atoms with van der Waals surface area (Å²) in [5.41, 5.74) is 2.92. The van der Waals surface area contributed by atoms with Crippen molar-refractivity contribution in [1.82, 2.24) is 0 Å². The van der Waals surface area contributed by atoms with Crippen molar-refractivity contribution >= 4 is 12.3 Å². The number of benzene rings is 2. The summed E-state index contributed by atoms with van der Waals surface area (Å²) in [7, 11) is 0. The third-order valence-electron chi connectivity index (χ3n) is 3.90.